The van der Waals surface area contributed by atoms with E-state index in [-0.39, 0.29) is 0 Å². The molecule has 0 fully saturated rings. The van der Waals surface area contributed by atoms with Gasteiger partial charge in [0.05, 0.1) is 4.90 Å². The molecule has 0 amide bonds. The van der Waals surface area contributed by atoms with E-state index in [0.29, 0.717) is 11.4 Å². The van der Waals surface area contributed by atoms with Crippen molar-refractivity contribution in [3.05, 3.63) is 15.8 Å². The van der Waals surface area contributed by atoms with E-state index in [0.717, 1.165) is 47.9 Å². The lowest BCUT2D eigenvalue weighted by Gasteiger charge is -2.05. The summed E-state index contributed by atoms with van der Waals surface area (Å²) in [7, 11) is -3.36. The fourth-order valence-electron chi connectivity index (χ4n) is 1.92. The van der Waals surface area contributed by atoms with E-state index in [1.165, 1.54) is 0 Å². The second-order valence-electron chi connectivity index (χ2n) is 4.91. The van der Waals surface area contributed by atoms with E-state index in [9.17, 15) is 8.42 Å². The molecule has 0 atom stereocenters. The lowest BCUT2D eigenvalue weighted by molar-refractivity contribution is 0.578. The maximum absolute atomic E-state index is 12.3. The normalized spacial score (nSPS) is 12.0. The summed E-state index contributed by atoms with van der Waals surface area (Å²) in [5.74, 6) is 1.08. The van der Waals surface area contributed by atoms with Crippen LogP contribution in [0.15, 0.2) is 11.0 Å². The fourth-order valence-corrected chi connectivity index (χ4v) is 5.09. The summed E-state index contributed by atoms with van der Waals surface area (Å²) >= 11 is 3.34. The van der Waals surface area contributed by atoms with Gasteiger partial charge in [-0.1, -0.05) is 6.92 Å². The molecule has 4 nitrogen and oxygen atoms in total. The first-order valence-electron chi connectivity index (χ1n) is 7.30. The first kappa shape index (κ1) is 19.0. The number of sulfonamides is 1. The van der Waals surface area contributed by atoms with Crippen LogP contribution in [0.2, 0.25) is 0 Å². The second-order valence-corrected chi connectivity index (χ2v) is 8.97. The Labute approximate surface area is 137 Å². The molecular weight excluding hydrogens is 324 g/mol. The molecule has 0 saturated heterocycles. The van der Waals surface area contributed by atoms with Gasteiger partial charge in [0.1, 0.15) is 0 Å². The van der Waals surface area contributed by atoms with Crippen molar-refractivity contribution in [3.63, 3.8) is 0 Å². The molecule has 0 aliphatic carbocycles. The van der Waals surface area contributed by atoms with Crippen molar-refractivity contribution in [2.75, 3.05) is 25.1 Å². The van der Waals surface area contributed by atoms with Gasteiger partial charge in [-0.2, -0.15) is 11.8 Å². The summed E-state index contributed by atoms with van der Waals surface area (Å²) < 4.78 is 27.3. The number of thiophene rings is 1. The number of aryl methyl sites for hydroxylation is 1. The average Bonchev–Trinajstić information content (AvgIpc) is 2.81. The monoisotopic (exact) mass is 350 g/mol. The van der Waals surface area contributed by atoms with Gasteiger partial charge in [0.2, 0.25) is 10.0 Å². The number of thioether (sulfide) groups is 1. The van der Waals surface area contributed by atoms with E-state index >= 15 is 0 Å². The number of nitrogens with one attached hydrogen (secondary N) is 2. The van der Waals surface area contributed by atoms with Crippen LogP contribution >= 0.6 is 23.1 Å². The molecule has 1 heterocycles. The molecule has 0 unspecified atom stereocenters. The highest BCUT2D eigenvalue weighted by Crippen LogP contribution is 2.25. The minimum atomic E-state index is -3.36. The molecule has 0 spiro atoms. The third kappa shape index (κ3) is 6.69. The summed E-state index contributed by atoms with van der Waals surface area (Å²) in [6.45, 7) is 6.19. The molecule has 122 valence electrons. The second kappa shape index (κ2) is 9.84. The third-order valence-corrected chi connectivity index (χ3v) is 6.47. The van der Waals surface area contributed by atoms with E-state index in [1.54, 1.807) is 29.2 Å². The quantitative estimate of drug-likeness (QED) is 0.602. The maximum atomic E-state index is 12.3. The zero-order valence-corrected chi connectivity index (χ0v) is 15.5. The minimum absolute atomic E-state index is 0.436. The van der Waals surface area contributed by atoms with Crippen LogP contribution in [0.3, 0.4) is 0 Å². The van der Waals surface area contributed by atoms with Crippen molar-refractivity contribution < 1.29 is 8.42 Å². The Hall–Kier alpha value is -0.0800. The molecule has 21 heavy (non-hydrogen) atoms. The predicted molar refractivity (Wildman–Crippen MR) is 93.9 cm³/mol. The summed E-state index contributed by atoms with van der Waals surface area (Å²) in [6, 6.07) is 1.80. The van der Waals surface area contributed by atoms with Crippen molar-refractivity contribution in [3.8, 4) is 0 Å². The lowest BCUT2D eigenvalue weighted by Crippen LogP contribution is -2.25. The molecule has 0 radical (unpaired) electrons. The van der Waals surface area contributed by atoms with Crippen LogP contribution in [0.5, 0.6) is 0 Å². The van der Waals surface area contributed by atoms with Crippen molar-refractivity contribution in [1.82, 2.24) is 10.0 Å². The van der Waals surface area contributed by atoms with Crippen molar-refractivity contribution in [2.45, 2.75) is 44.6 Å². The SMILES string of the molecule is CCCNCc1cc(S(=O)(=O)NCCCCSC)c(C)s1. The van der Waals surface area contributed by atoms with Gasteiger partial charge in [-0.3, -0.25) is 0 Å². The van der Waals surface area contributed by atoms with Crippen LogP contribution in [-0.4, -0.2) is 33.5 Å². The summed E-state index contributed by atoms with van der Waals surface area (Å²) in [6.07, 6.45) is 5.06. The molecule has 0 saturated carbocycles. The summed E-state index contributed by atoms with van der Waals surface area (Å²) in [5, 5.41) is 3.30. The Bertz CT molecular complexity index is 512. The van der Waals surface area contributed by atoms with E-state index in [1.807, 2.05) is 6.92 Å². The topological polar surface area (TPSA) is 58.2 Å². The number of rotatable bonds is 11. The van der Waals surface area contributed by atoms with Gasteiger partial charge in [0, 0.05) is 22.8 Å². The van der Waals surface area contributed by atoms with Crippen LogP contribution in [0.1, 0.15) is 35.9 Å². The molecule has 7 heteroatoms. The highest BCUT2D eigenvalue weighted by atomic mass is 32.2. The fraction of sp³-hybridized carbons (Fsp3) is 0.714. The van der Waals surface area contributed by atoms with Gasteiger partial charge >= 0.3 is 0 Å². The van der Waals surface area contributed by atoms with Gasteiger partial charge in [0.25, 0.3) is 0 Å². The zero-order chi connectivity index (χ0) is 15.7. The summed E-state index contributed by atoms with van der Waals surface area (Å²) in [4.78, 5) is 2.37. The molecule has 1 aromatic heterocycles. The smallest absolute Gasteiger partial charge is 0.241 e. The van der Waals surface area contributed by atoms with Gasteiger partial charge in [-0.15, -0.1) is 11.3 Å². The summed E-state index contributed by atoms with van der Waals surface area (Å²) in [5.41, 5.74) is 0. The Kier molecular flexibility index (Phi) is 8.89. The Morgan fingerprint density at radius 1 is 1.29 bits per heavy atom. The first-order valence-corrected chi connectivity index (χ1v) is 11.0. The highest BCUT2D eigenvalue weighted by molar-refractivity contribution is 7.98. The molecular formula is C14H26N2O2S3. The average molecular weight is 351 g/mol. The number of hydrogen-bond acceptors (Lipinski definition) is 5. The highest BCUT2D eigenvalue weighted by Gasteiger charge is 2.19. The standard InChI is InChI=1S/C14H26N2O2S3/c1-4-7-15-11-13-10-14(12(2)20-13)21(17,18)16-8-5-6-9-19-3/h10,15-16H,4-9,11H2,1-3H3. The molecule has 0 aliphatic rings. The third-order valence-electron chi connectivity index (χ3n) is 3.01. The maximum Gasteiger partial charge on any atom is 0.241 e. The molecule has 1 aromatic rings. The van der Waals surface area contributed by atoms with E-state index in [2.05, 4.69) is 23.2 Å². The Morgan fingerprint density at radius 3 is 2.71 bits per heavy atom. The Balaban J connectivity index is 2.57. The van der Waals surface area contributed by atoms with Crippen LogP contribution in [0.4, 0.5) is 0 Å². The largest absolute Gasteiger partial charge is 0.312 e. The van der Waals surface area contributed by atoms with Crippen LogP contribution in [0, 0.1) is 6.92 Å². The van der Waals surface area contributed by atoms with Gasteiger partial charge in [-0.05, 0) is 50.8 Å². The van der Waals surface area contributed by atoms with E-state index < -0.39 is 10.0 Å². The van der Waals surface area contributed by atoms with Gasteiger partial charge < -0.3 is 5.32 Å². The molecule has 0 aromatic carbocycles. The Morgan fingerprint density at radius 2 is 2.05 bits per heavy atom. The molecule has 2 N–H and O–H groups in total. The first-order chi connectivity index (χ1) is 10.0. The van der Waals surface area contributed by atoms with Crippen molar-refractivity contribution in [2.24, 2.45) is 0 Å². The minimum Gasteiger partial charge on any atom is -0.312 e. The molecule has 1 rings (SSSR count). The van der Waals surface area contributed by atoms with Crippen molar-refractivity contribution in [1.29, 1.82) is 0 Å². The van der Waals surface area contributed by atoms with Crippen LogP contribution in [0.25, 0.3) is 0 Å². The predicted octanol–water partition coefficient (Wildman–Crippen LogP) is 2.98. The number of unbranched alkanes of at least 4 members (excludes halogenated alkanes) is 1. The van der Waals surface area contributed by atoms with Crippen molar-refractivity contribution >= 4 is 33.1 Å². The van der Waals surface area contributed by atoms with Gasteiger partial charge in [-0.25, -0.2) is 13.1 Å². The van der Waals surface area contributed by atoms with E-state index in [4.69, 9.17) is 0 Å². The zero-order valence-electron chi connectivity index (χ0n) is 13.1. The van der Waals surface area contributed by atoms with Crippen LogP contribution in [-0.2, 0) is 16.6 Å². The lowest BCUT2D eigenvalue weighted by atomic mass is 10.3. The van der Waals surface area contributed by atoms with Crippen LogP contribution < -0.4 is 10.0 Å². The number of hydrogen-bond donors (Lipinski definition) is 2. The molecule has 0 aliphatic heterocycles. The molecule has 0 bridgehead atoms. The van der Waals surface area contributed by atoms with Gasteiger partial charge in [0.15, 0.2) is 0 Å².